The first kappa shape index (κ1) is 19.2. The lowest BCUT2D eigenvalue weighted by Crippen LogP contribution is -2.45. The highest BCUT2D eigenvalue weighted by molar-refractivity contribution is 14.0. The highest BCUT2D eigenvalue weighted by Gasteiger charge is 2.18. The second kappa shape index (κ2) is 10.0. The average molecular weight is 421 g/mol. The summed E-state index contributed by atoms with van der Waals surface area (Å²) in [6.07, 6.45) is 4.00. The first-order valence-electron chi connectivity index (χ1n) is 8.07. The van der Waals surface area contributed by atoms with Gasteiger partial charge in [-0.2, -0.15) is 4.98 Å². The van der Waals surface area contributed by atoms with Crippen LogP contribution in [0.1, 0.15) is 45.3 Å². The highest BCUT2D eigenvalue weighted by Crippen LogP contribution is 2.15. The smallest absolute Gasteiger partial charge is 0.226 e. The Hall–Kier alpha value is -0.860. The van der Waals surface area contributed by atoms with Gasteiger partial charge in [-0.3, -0.25) is 4.99 Å². The van der Waals surface area contributed by atoms with Crippen LogP contribution in [-0.2, 0) is 12.8 Å². The normalized spacial score (nSPS) is 16.5. The van der Waals surface area contributed by atoms with Crippen molar-refractivity contribution >= 4 is 29.9 Å². The van der Waals surface area contributed by atoms with Gasteiger partial charge in [0.05, 0.1) is 0 Å². The van der Waals surface area contributed by atoms with Crippen molar-refractivity contribution in [3.05, 3.63) is 11.7 Å². The third-order valence-corrected chi connectivity index (χ3v) is 3.83. The van der Waals surface area contributed by atoms with Gasteiger partial charge in [-0.1, -0.05) is 19.0 Å². The molecular weight excluding hydrogens is 393 g/mol. The van der Waals surface area contributed by atoms with Gasteiger partial charge in [0, 0.05) is 39.0 Å². The Morgan fingerprint density at radius 3 is 2.68 bits per heavy atom. The Kier molecular flexibility index (Phi) is 8.74. The van der Waals surface area contributed by atoms with Gasteiger partial charge in [0.15, 0.2) is 11.8 Å². The fourth-order valence-electron chi connectivity index (χ4n) is 2.44. The molecule has 22 heavy (non-hydrogen) atoms. The third-order valence-electron chi connectivity index (χ3n) is 3.83. The minimum atomic E-state index is 0. The van der Waals surface area contributed by atoms with Gasteiger partial charge in [0.25, 0.3) is 0 Å². The Labute approximate surface area is 150 Å². The summed E-state index contributed by atoms with van der Waals surface area (Å²) in [6, 6.07) is 0. The number of likely N-dealkylation sites (tertiary alicyclic amines) is 1. The minimum Gasteiger partial charge on any atom is -0.357 e. The molecule has 1 saturated heterocycles. The van der Waals surface area contributed by atoms with Crippen molar-refractivity contribution in [3.63, 3.8) is 0 Å². The minimum absolute atomic E-state index is 0. The predicted octanol–water partition coefficient (Wildman–Crippen LogP) is 2.49. The van der Waals surface area contributed by atoms with Crippen LogP contribution in [0.2, 0.25) is 0 Å². The SMILES string of the molecule is CCNC(=NCCc1noc(CC)n1)N1CCC(C)CC1.I. The summed E-state index contributed by atoms with van der Waals surface area (Å²) in [4.78, 5) is 11.4. The molecule has 0 radical (unpaired) electrons. The van der Waals surface area contributed by atoms with E-state index in [-0.39, 0.29) is 24.0 Å². The molecule has 0 atom stereocenters. The quantitative estimate of drug-likeness (QED) is 0.450. The number of rotatable bonds is 5. The summed E-state index contributed by atoms with van der Waals surface area (Å²) in [5, 5.41) is 7.34. The molecule has 0 aliphatic carbocycles. The van der Waals surface area contributed by atoms with Gasteiger partial charge < -0.3 is 14.7 Å². The van der Waals surface area contributed by atoms with Crippen molar-refractivity contribution in [1.29, 1.82) is 0 Å². The van der Waals surface area contributed by atoms with Gasteiger partial charge in [-0.05, 0) is 25.7 Å². The summed E-state index contributed by atoms with van der Waals surface area (Å²) in [6.45, 7) is 10.2. The van der Waals surface area contributed by atoms with E-state index in [0.717, 1.165) is 50.2 Å². The first-order valence-corrected chi connectivity index (χ1v) is 8.07. The van der Waals surface area contributed by atoms with Gasteiger partial charge >= 0.3 is 0 Å². The molecule has 126 valence electrons. The standard InChI is InChI=1S/C15H27N5O.HI/c1-4-14-18-13(19-21-14)6-9-17-15(16-5-2)20-10-7-12(3)8-11-20;/h12H,4-11H2,1-3H3,(H,16,17);1H. The summed E-state index contributed by atoms with van der Waals surface area (Å²) in [5.74, 6) is 3.30. The van der Waals surface area contributed by atoms with Crippen LogP contribution in [0.25, 0.3) is 0 Å². The number of halogens is 1. The van der Waals surface area contributed by atoms with E-state index in [2.05, 4.69) is 34.2 Å². The molecule has 1 aromatic heterocycles. The zero-order valence-electron chi connectivity index (χ0n) is 13.8. The Morgan fingerprint density at radius 1 is 1.36 bits per heavy atom. The molecule has 6 nitrogen and oxygen atoms in total. The largest absolute Gasteiger partial charge is 0.357 e. The molecule has 0 bridgehead atoms. The van der Waals surface area contributed by atoms with Crippen molar-refractivity contribution in [2.75, 3.05) is 26.2 Å². The van der Waals surface area contributed by atoms with Crippen LogP contribution in [0, 0.1) is 5.92 Å². The molecular formula is C15H28IN5O. The second-order valence-electron chi connectivity index (χ2n) is 5.61. The number of aliphatic imine (C=N–C) groups is 1. The topological polar surface area (TPSA) is 66.5 Å². The van der Waals surface area contributed by atoms with E-state index >= 15 is 0 Å². The number of nitrogens with one attached hydrogen (secondary N) is 1. The van der Waals surface area contributed by atoms with Gasteiger partial charge in [0.1, 0.15) is 0 Å². The van der Waals surface area contributed by atoms with Crippen LogP contribution in [-0.4, -0.2) is 47.2 Å². The number of hydrogen-bond acceptors (Lipinski definition) is 4. The second-order valence-corrected chi connectivity index (χ2v) is 5.61. The van der Waals surface area contributed by atoms with Crippen LogP contribution >= 0.6 is 24.0 Å². The van der Waals surface area contributed by atoms with E-state index < -0.39 is 0 Å². The number of aryl methyl sites for hydroxylation is 1. The van der Waals surface area contributed by atoms with Crippen molar-refractivity contribution in [3.8, 4) is 0 Å². The molecule has 1 aliphatic rings. The van der Waals surface area contributed by atoms with E-state index in [4.69, 9.17) is 9.52 Å². The molecule has 1 aromatic rings. The maximum Gasteiger partial charge on any atom is 0.226 e. The van der Waals surface area contributed by atoms with Gasteiger partial charge in [-0.15, -0.1) is 24.0 Å². The maximum atomic E-state index is 5.11. The van der Waals surface area contributed by atoms with Gasteiger partial charge in [0.2, 0.25) is 5.89 Å². The monoisotopic (exact) mass is 421 g/mol. The maximum absolute atomic E-state index is 5.11. The Balaban J connectivity index is 0.00000242. The van der Waals surface area contributed by atoms with Crippen molar-refractivity contribution < 1.29 is 4.52 Å². The van der Waals surface area contributed by atoms with Crippen molar-refractivity contribution in [2.45, 2.75) is 46.5 Å². The van der Waals surface area contributed by atoms with Crippen LogP contribution < -0.4 is 5.32 Å². The lowest BCUT2D eigenvalue weighted by Gasteiger charge is -2.32. The number of nitrogens with zero attached hydrogens (tertiary/aromatic N) is 4. The summed E-state index contributed by atoms with van der Waals surface area (Å²) < 4.78 is 5.11. The number of aromatic nitrogens is 2. The molecule has 2 rings (SSSR count). The lowest BCUT2D eigenvalue weighted by atomic mass is 10.00. The van der Waals surface area contributed by atoms with Gasteiger partial charge in [-0.25, -0.2) is 0 Å². The van der Waals surface area contributed by atoms with E-state index in [1.54, 1.807) is 0 Å². The van der Waals surface area contributed by atoms with Crippen molar-refractivity contribution in [1.82, 2.24) is 20.4 Å². The summed E-state index contributed by atoms with van der Waals surface area (Å²) >= 11 is 0. The van der Waals surface area contributed by atoms with E-state index in [9.17, 15) is 0 Å². The molecule has 0 saturated carbocycles. The fourth-order valence-corrected chi connectivity index (χ4v) is 2.44. The molecule has 7 heteroatoms. The molecule has 1 N–H and O–H groups in total. The molecule has 2 heterocycles. The van der Waals surface area contributed by atoms with E-state index in [1.165, 1.54) is 12.8 Å². The average Bonchev–Trinajstić information content (AvgIpc) is 2.95. The zero-order chi connectivity index (χ0) is 15.1. The van der Waals surface area contributed by atoms with Crippen LogP contribution in [0.4, 0.5) is 0 Å². The highest BCUT2D eigenvalue weighted by atomic mass is 127. The molecule has 0 spiro atoms. The number of hydrogen-bond donors (Lipinski definition) is 1. The molecule has 1 fully saturated rings. The van der Waals surface area contributed by atoms with E-state index in [0.29, 0.717) is 12.4 Å². The molecule has 0 unspecified atom stereocenters. The molecule has 0 aromatic carbocycles. The zero-order valence-corrected chi connectivity index (χ0v) is 16.2. The Morgan fingerprint density at radius 2 is 2.09 bits per heavy atom. The predicted molar refractivity (Wildman–Crippen MR) is 98.7 cm³/mol. The lowest BCUT2D eigenvalue weighted by molar-refractivity contribution is 0.273. The van der Waals surface area contributed by atoms with Crippen LogP contribution in [0.15, 0.2) is 9.52 Å². The molecule has 1 aliphatic heterocycles. The Bertz CT molecular complexity index is 455. The van der Waals surface area contributed by atoms with Crippen LogP contribution in [0.5, 0.6) is 0 Å². The summed E-state index contributed by atoms with van der Waals surface area (Å²) in [7, 11) is 0. The fraction of sp³-hybridized carbons (Fsp3) is 0.800. The first-order chi connectivity index (χ1) is 10.2. The third kappa shape index (κ3) is 5.73. The van der Waals surface area contributed by atoms with Crippen molar-refractivity contribution in [2.24, 2.45) is 10.9 Å². The number of piperidine rings is 1. The number of guanidine groups is 1. The van der Waals surface area contributed by atoms with E-state index in [1.807, 2.05) is 6.92 Å². The van der Waals surface area contributed by atoms with Crippen LogP contribution in [0.3, 0.4) is 0 Å². The molecule has 0 amide bonds. The summed E-state index contributed by atoms with van der Waals surface area (Å²) in [5.41, 5.74) is 0.